The highest BCUT2D eigenvalue weighted by atomic mass is 16.2. The van der Waals surface area contributed by atoms with Crippen molar-refractivity contribution in [1.29, 1.82) is 0 Å². The summed E-state index contributed by atoms with van der Waals surface area (Å²) in [4.78, 5) is 20.1. The van der Waals surface area contributed by atoms with Crippen molar-refractivity contribution in [3.63, 3.8) is 0 Å². The van der Waals surface area contributed by atoms with Gasteiger partial charge in [0.1, 0.15) is 11.9 Å². The molecule has 84 valence electrons. The maximum Gasteiger partial charge on any atom is 0.253 e. The average molecular weight is 210 g/mol. The monoisotopic (exact) mass is 210 g/mol. The lowest BCUT2D eigenvalue weighted by Gasteiger charge is -2.28. The quantitative estimate of drug-likeness (QED) is 0.646. The summed E-state index contributed by atoms with van der Waals surface area (Å²) in [5, 5.41) is 3.30. The van der Waals surface area contributed by atoms with Crippen LogP contribution in [0.3, 0.4) is 0 Å². The fourth-order valence-corrected chi connectivity index (χ4v) is 2.01. The lowest BCUT2D eigenvalue weighted by atomic mass is 10.2. The molecule has 0 saturated carbocycles. The van der Waals surface area contributed by atoms with E-state index in [2.05, 4.69) is 15.2 Å². The first kappa shape index (κ1) is 10.6. The lowest BCUT2D eigenvalue weighted by molar-refractivity contribution is -0.126. The summed E-state index contributed by atoms with van der Waals surface area (Å²) in [6.07, 6.45) is 0. The molecule has 2 aliphatic heterocycles. The Balaban J connectivity index is 1.92. The minimum Gasteiger partial charge on any atom is -0.314 e. The molecular formula is C10H18N4O. The van der Waals surface area contributed by atoms with Gasteiger partial charge in [0.15, 0.2) is 0 Å². The predicted octanol–water partition coefficient (Wildman–Crippen LogP) is -0.849. The Morgan fingerprint density at radius 1 is 1.47 bits per heavy atom. The third kappa shape index (κ3) is 2.18. The summed E-state index contributed by atoms with van der Waals surface area (Å²) >= 11 is 0. The molecule has 0 aromatic rings. The molecule has 2 aliphatic rings. The topological polar surface area (TPSA) is 47.9 Å². The van der Waals surface area contributed by atoms with Crippen LogP contribution in [0.2, 0.25) is 0 Å². The number of nitrogens with zero attached hydrogens (tertiary/aromatic N) is 3. The van der Waals surface area contributed by atoms with Crippen molar-refractivity contribution in [2.75, 3.05) is 39.8 Å². The van der Waals surface area contributed by atoms with E-state index in [1.807, 2.05) is 6.92 Å². The number of amidine groups is 1. The number of carbonyl (C=O) groups excluding carboxylic acids is 1. The number of hydrogen-bond donors (Lipinski definition) is 1. The van der Waals surface area contributed by atoms with Crippen molar-refractivity contribution >= 4 is 11.7 Å². The van der Waals surface area contributed by atoms with E-state index in [0.717, 1.165) is 38.6 Å². The van der Waals surface area contributed by atoms with Crippen molar-refractivity contribution in [3.05, 3.63) is 0 Å². The Morgan fingerprint density at radius 3 is 2.67 bits per heavy atom. The Bertz CT molecular complexity index is 283. The van der Waals surface area contributed by atoms with Crippen LogP contribution in [0.1, 0.15) is 6.92 Å². The fourth-order valence-electron chi connectivity index (χ4n) is 2.01. The molecular weight excluding hydrogens is 192 g/mol. The van der Waals surface area contributed by atoms with Gasteiger partial charge in [-0.1, -0.05) is 0 Å². The molecule has 0 spiro atoms. The highest BCUT2D eigenvalue weighted by Gasteiger charge is 2.31. The second-order valence-corrected chi connectivity index (χ2v) is 4.14. The summed E-state index contributed by atoms with van der Waals surface area (Å²) < 4.78 is 0. The van der Waals surface area contributed by atoms with Crippen molar-refractivity contribution in [3.8, 4) is 0 Å². The number of aliphatic imine (C=N–C) groups is 1. The third-order valence-electron chi connectivity index (χ3n) is 3.08. The van der Waals surface area contributed by atoms with Gasteiger partial charge in [0.2, 0.25) is 0 Å². The largest absolute Gasteiger partial charge is 0.314 e. The van der Waals surface area contributed by atoms with Crippen LogP contribution < -0.4 is 5.32 Å². The van der Waals surface area contributed by atoms with E-state index in [0.29, 0.717) is 0 Å². The van der Waals surface area contributed by atoms with Crippen LogP contribution >= 0.6 is 0 Å². The minimum absolute atomic E-state index is 0.131. The van der Waals surface area contributed by atoms with E-state index in [9.17, 15) is 4.79 Å². The van der Waals surface area contributed by atoms with E-state index in [4.69, 9.17) is 0 Å². The molecule has 0 radical (unpaired) electrons. The fraction of sp³-hybridized carbons (Fsp3) is 0.800. The normalized spacial score (nSPS) is 28.4. The number of hydrogen-bond acceptors (Lipinski definition) is 4. The van der Waals surface area contributed by atoms with E-state index < -0.39 is 0 Å². The summed E-state index contributed by atoms with van der Waals surface area (Å²) in [7, 11) is 1.79. The molecule has 1 N–H and O–H groups in total. The Morgan fingerprint density at radius 2 is 2.13 bits per heavy atom. The molecule has 5 nitrogen and oxygen atoms in total. The highest BCUT2D eigenvalue weighted by molar-refractivity contribution is 6.04. The first-order valence-electron chi connectivity index (χ1n) is 5.43. The Hall–Kier alpha value is -0.940. The van der Waals surface area contributed by atoms with E-state index in [1.165, 1.54) is 0 Å². The van der Waals surface area contributed by atoms with Crippen LogP contribution in [0.5, 0.6) is 0 Å². The SMILES string of the molecule is CC1=NC(CN2CCNCC2)C(=O)N1C. The number of carbonyl (C=O) groups is 1. The molecule has 2 heterocycles. The van der Waals surface area contributed by atoms with Gasteiger partial charge >= 0.3 is 0 Å². The van der Waals surface area contributed by atoms with Gasteiger partial charge in [-0.25, -0.2) is 0 Å². The second-order valence-electron chi connectivity index (χ2n) is 4.14. The summed E-state index contributed by atoms with van der Waals surface area (Å²) in [5.74, 6) is 0.964. The van der Waals surface area contributed by atoms with Crippen LogP contribution in [-0.4, -0.2) is 67.4 Å². The smallest absolute Gasteiger partial charge is 0.253 e. The average Bonchev–Trinajstić information content (AvgIpc) is 2.48. The molecule has 0 aliphatic carbocycles. The van der Waals surface area contributed by atoms with Crippen LogP contribution in [0.4, 0.5) is 0 Å². The van der Waals surface area contributed by atoms with Gasteiger partial charge in [-0.05, 0) is 6.92 Å². The molecule has 1 unspecified atom stereocenters. The van der Waals surface area contributed by atoms with Gasteiger partial charge in [0.05, 0.1) is 0 Å². The molecule has 1 amide bonds. The molecule has 15 heavy (non-hydrogen) atoms. The zero-order chi connectivity index (χ0) is 10.8. The number of amides is 1. The van der Waals surface area contributed by atoms with Crippen molar-refractivity contribution < 1.29 is 4.79 Å². The second kappa shape index (κ2) is 4.28. The first-order valence-corrected chi connectivity index (χ1v) is 5.43. The maximum absolute atomic E-state index is 11.8. The molecule has 0 aromatic heterocycles. The molecule has 5 heteroatoms. The molecule has 1 saturated heterocycles. The molecule has 1 atom stereocenters. The summed E-state index contributed by atoms with van der Waals surface area (Å²) in [5.41, 5.74) is 0. The minimum atomic E-state index is -0.173. The number of nitrogens with one attached hydrogen (secondary N) is 1. The van der Waals surface area contributed by atoms with Crippen LogP contribution in [0.25, 0.3) is 0 Å². The van der Waals surface area contributed by atoms with Crippen molar-refractivity contribution in [2.45, 2.75) is 13.0 Å². The first-order chi connectivity index (χ1) is 7.18. The van der Waals surface area contributed by atoms with Gasteiger partial charge in [0, 0.05) is 39.8 Å². The maximum atomic E-state index is 11.8. The van der Waals surface area contributed by atoms with Crippen LogP contribution in [0, 0.1) is 0 Å². The van der Waals surface area contributed by atoms with E-state index in [-0.39, 0.29) is 11.9 Å². The lowest BCUT2D eigenvalue weighted by Crippen LogP contribution is -2.47. The number of piperazine rings is 1. The van der Waals surface area contributed by atoms with Crippen LogP contribution in [-0.2, 0) is 4.79 Å². The van der Waals surface area contributed by atoms with Gasteiger partial charge in [-0.15, -0.1) is 0 Å². The molecule has 0 aromatic carbocycles. The molecule has 2 rings (SSSR count). The van der Waals surface area contributed by atoms with Gasteiger partial charge in [-0.3, -0.25) is 14.7 Å². The highest BCUT2D eigenvalue weighted by Crippen LogP contribution is 2.10. The van der Waals surface area contributed by atoms with E-state index >= 15 is 0 Å². The Labute approximate surface area is 90.1 Å². The van der Waals surface area contributed by atoms with Gasteiger partial charge < -0.3 is 10.2 Å². The third-order valence-corrected chi connectivity index (χ3v) is 3.08. The predicted molar refractivity (Wildman–Crippen MR) is 59.0 cm³/mol. The van der Waals surface area contributed by atoms with Gasteiger partial charge in [-0.2, -0.15) is 0 Å². The standard InChI is InChI=1S/C10H18N4O/c1-8-12-9(10(15)13(8)2)7-14-5-3-11-4-6-14/h9,11H,3-7H2,1-2H3. The molecule has 0 bridgehead atoms. The zero-order valence-corrected chi connectivity index (χ0v) is 9.36. The Kier molecular flexibility index (Phi) is 3.02. The van der Waals surface area contributed by atoms with Crippen molar-refractivity contribution in [2.24, 2.45) is 4.99 Å². The molecule has 1 fully saturated rings. The van der Waals surface area contributed by atoms with Crippen molar-refractivity contribution in [1.82, 2.24) is 15.1 Å². The summed E-state index contributed by atoms with van der Waals surface area (Å²) in [6.45, 7) is 6.71. The number of rotatable bonds is 2. The number of likely N-dealkylation sites (N-methyl/N-ethyl adjacent to an activating group) is 1. The van der Waals surface area contributed by atoms with E-state index in [1.54, 1.807) is 11.9 Å². The van der Waals surface area contributed by atoms with Gasteiger partial charge in [0.25, 0.3) is 5.91 Å². The summed E-state index contributed by atoms with van der Waals surface area (Å²) in [6, 6.07) is -0.173. The van der Waals surface area contributed by atoms with Crippen LogP contribution in [0.15, 0.2) is 4.99 Å². The zero-order valence-electron chi connectivity index (χ0n) is 9.36.